The summed E-state index contributed by atoms with van der Waals surface area (Å²) in [5, 5.41) is 9.23. The van der Waals surface area contributed by atoms with Gasteiger partial charge in [0.25, 0.3) is 11.8 Å². The van der Waals surface area contributed by atoms with Crippen molar-refractivity contribution < 1.29 is 23.6 Å². The number of hydrogen-bond acceptors (Lipinski definition) is 5. The van der Waals surface area contributed by atoms with E-state index in [9.17, 15) is 18.8 Å². The minimum absolute atomic E-state index is 0.0699. The summed E-state index contributed by atoms with van der Waals surface area (Å²) in [5.74, 6) is -3.55. The average Bonchev–Trinajstić information content (AvgIpc) is 3.42. The van der Waals surface area contributed by atoms with Gasteiger partial charge in [0, 0.05) is 0 Å². The first-order valence-electron chi connectivity index (χ1n) is 7.90. The Morgan fingerprint density at radius 3 is 2.38 bits per heavy atom. The third-order valence-corrected chi connectivity index (χ3v) is 4.57. The molecule has 1 fully saturated rings. The van der Waals surface area contributed by atoms with Crippen LogP contribution in [0.3, 0.4) is 0 Å². The molecular weight excluding hydrogens is 339 g/mol. The molecule has 0 aromatic heterocycles. The van der Waals surface area contributed by atoms with E-state index in [0.29, 0.717) is 17.0 Å². The summed E-state index contributed by atoms with van der Waals surface area (Å²) < 4.78 is 13.7. The quantitative estimate of drug-likeness (QED) is 0.794. The second-order valence-corrected chi connectivity index (χ2v) is 6.16. The molecule has 0 radical (unpaired) electrons. The van der Waals surface area contributed by atoms with Crippen LogP contribution in [0.4, 0.5) is 4.39 Å². The fourth-order valence-corrected chi connectivity index (χ4v) is 3.08. The number of carbonyl (C=O) groups excluding carboxylic acids is 3. The van der Waals surface area contributed by atoms with Crippen molar-refractivity contribution >= 4 is 17.8 Å². The molecule has 1 saturated carbocycles. The molecule has 0 N–H and O–H groups in total. The van der Waals surface area contributed by atoms with Crippen LogP contribution in [0.15, 0.2) is 42.5 Å². The number of amides is 2. The smallest absolute Gasteiger partial charge is 0.329 e. The summed E-state index contributed by atoms with van der Waals surface area (Å²) in [4.78, 5) is 41.7. The number of nitrogens with zero attached hydrogens (tertiary/aromatic N) is 2. The van der Waals surface area contributed by atoms with E-state index < -0.39 is 29.5 Å². The summed E-state index contributed by atoms with van der Waals surface area (Å²) in [6.45, 7) is 0. The second-order valence-electron chi connectivity index (χ2n) is 6.16. The van der Waals surface area contributed by atoms with Crippen LogP contribution in [0.25, 0.3) is 0 Å². The topological polar surface area (TPSA) is 87.5 Å². The number of nitriles is 1. The SMILES string of the molecule is N#Cc1ccc([C@H]2CC2C(=O)ON2C(=O)c3ccccc3C2=O)cc1F. The average molecular weight is 350 g/mol. The monoisotopic (exact) mass is 350 g/mol. The van der Waals surface area contributed by atoms with Gasteiger partial charge < -0.3 is 4.84 Å². The summed E-state index contributed by atoms with van der Waals surface area (Å²) in [6.07, 6.45) is 0.424. The van der Waals surface area contributed by atoms with Gasteiger partial charge in [-0.25, -0.2) is 9.18 Å². The largest absolute Gasteiger partial charge is 0.336 e. The van der Waals surface area contributed by atoms with Gasteiger partial charge in [-0.3, -0.25) is 9.59 Å². The van der Waals surface area contributed by atoms with E-state index in [1.807, 2.05) is 0 Å². The fraction of sp³-hybridized carbons (Fsp3) is 0.158. The van der Waals surface area contributed by atoms with Crippen LogP contribution in [-0.2, 0) is 9.63 Å². The summed E-state index contributed by atoms with van der Waals surface area (Å²) in [5.41, 5.74) is 0.879. The Bertz CT molecular complexity index is 976. The normalized spacial score (nSPS) is 20.5. The van der Waals surface area contributed by atoms with Crippen molar-refractivity contribution in [2.45, 2.75) is 12.3 Å². The Balaban J connectivity index is 1.46. The maximum absolute atomic E-state index is 13.7. The fourth-order valence-electron chi connectivity index (χ4n) is 3.08. The lowest BCUT2D eigenvalue weighted by molar-refractivity contribution is -0.170. The molecule has 6 nitrogen and oxygen atoms in total. The van der Waals surface area contributed by atoms with Gasteiger partial charge in [-0.05, 0) is 42.2 Å². The number of fused-ring (bicyclic) bond motifs is 1. The van der Waals surface area contributed by atoms with Crippen LogP contribution in [-0.4, -0.2) is 22.8 Å². The highest BCUT2D eigenvalue weighted by Crippen LogP contribution is 2.48. The lowest BCUT2D eigenvalue weighted by atomic mass is 10.1. The molecule has 2 amide bonds. The molecule has 128 valence electrons. The van der Waals surface area contributed by atoms with Crippen LogP contribution in [0.2, 0.25) is 0 Å². The maximum atomic E-state index is 13.7. The lowest BCUT2D eigenvalue weighted by Crippen LogP contribution is -2.33. The van der Waals surface area contributed by atoms with Crippen LogP contribution in [0.1, 0.15) is 44.2 Å². The lowest BCUT2D eigenvalue weighted by Gasteiger charge is -2.12. The molecule has 0 spiro atoms. The summed E-state index contributed by atoms with van der Waals surface area (Å²) in [6, 6.07) is 12.1. The first-order valence-corrected chi connectivity index (χ1v) is 7.90. The first-order chi connectivity index (χ1) is 12.5. The van der Waals surface area contributed by atoms with Gasteiger partial charge in [0.1, 0.15) is 11.9 Å². The van der Waals surface area contributed by atoms with Crippen molar-refractivity contribution in [3.05, 3.63) is 70.5 Å². The predicted octanol–water partition coefficient (Wildman–Crippen LogP) is 2.56. The Morgan fingerprint density at radius 1 is 1.15 bits per heavy atom. The maximum Gasteiger partial charge on any atom is 0.336 e. The third kappa shape index (κ3) is 2.43. The van der Waals surface area contributed by atoms with Gasteiger partial charge in [0.2, 0.25) is 0 Å². The molecular formula is C19H11FN2O4. The number of hydrogen-bond donors (Lipinski definition) is 0. The van der Waals surface area contributed by atoms with Crippen molar-refractivity contribution in [3.63, 3.8) is 0 Å². The number of halogens is 1. The summed E-state index contributed by atoms with van der Waals surface area (Å²) in [7, 11) is 0. The van der Waals surface area contributed by atoms with Crippen molar-refractivity contribution in [3.8, 4) is 6.07 Å². The molecule has 2 aromatic carbocycles. The highest BCUT2D eigenvalue weighted by Gasteiger charge is 2.48. The van der Waals surface area contributed by atoms with E-state index in [0.717, 1.165) is 0 Å². The van der Waals surface area contributed by atoms with Crippen LogP contribution in [0.5, 0.6) is 0 Å². The zero-order valence-corrected chi connectivity index (χ0v) is 13.3. The Hall–Kier alpha value is -3.53. The van der Waals surface area contributed by atoms with E-state index >= 15 is 0 Å². The molecule has 26 heavy (non-hydrogen) atoms. The molecule has 7 heteroatoms. The highest BCUT2D eigenvalue weighted by atomic mass is 19.1. The Kier molecular flexibility index (Phi) is 3.55. The van der Waals surface area contributed by atoms with Crippen molar-refractivity contribution in [2.75, 3.05) is 0 Å². The number of hydroxylamine groups is 2. The van der Waals surface area contributed by atoms with Gasteiger partial charge in [-0.15, -0.1) is 0 Å². The van der Waals surface area contributed by atoms with E-state index in [1.165, 1.54) is 24.3 Å². The summed E-state index contributed by atoms with van der Waals surface area (Å²) >= 11 is 0. The second kappa shape index (κ2) is 5.77. The number of rotatable bonds is 3. The molecule has 2 aromatic rings. The zero-order chi connectivity index (χ0) is 18.4. The number of imide groups is 1. The van der Waals surface area contributed by atoms with Gasteiger partial charge in [0.15, 0.2) is 0 Å². The standard InChI is InChI=1S/C19H11FN2O4/c20-16-7-10(5-6-11(16)9-21)14-8-15(14)19(25)26-22-17(23)12-3-1-2-4-13(12)18(22)24/h1-7,14-15H,8H2/t14-,15?/m1/s1. The Labute approximate surface area is 147 Å². The molecule has 2 aliphatic rings. The van der Waals surface area contributed by atoms with E-state index in [1.54, 1.807) is 24.3 Å². The van der Waals surface area contributed by atoms with Gasteiger partial charge in [-0.2, -0.15) is 5.26 Å². The van der Waals surface area contributed by atoms with Gasteiger partial charge in [0.05, 0.1) is 22.6 Å². The molecule has 0 saturated heterocycles. The molecule has 2 atom stereocenters. The van der Waals surface area contributed by atoms with Crippen molar-refractivity contribution in [2.24, 2.45) is 5.92 Å². The van der Waals surface area contributed by atoms with Gasteiger partial charge >= 0.3 is 5.97 Å². The molecule has 0 bridgehead atoms. The van der Waals surface area contributed by atoms with Gasteiger partial charge in [-0.1, -0.05) is 23.3 Å². The minimum Gasteiger partial charge on any atom is -0.329 e. The highest BCUT2D eigenvalue weighted by molar-refractivity contribution is 6.20. The van der Waals surface area contributed by atoms with Crippen molar-refractivity contribution in [1.82, 2.24) is 5.06 Å². The van der Waals surface area contributed by atoms with Crippen molar-refractivity contribution in [1.29, 1.82) is 5.26 Å². The zero-order valence-electron chi connectivity index (χ0n) is 13.3. The predicted molar refractivity (Wildman–Crippen MR) is 85.0 cm³/mol. The molecule has 1 aliphatic carbocycles. The number of benzene rings is 2. The number of carbonyl (C=O) groups is 3. The molecule has 1 aliphatic heterocycles. The van der Waals surface area contributed by atoms with Crippen LogP contribution >= 0.6 is 0 Å². The van der Waals surface area contributed by atoms with Crippen LogP contribution < -0.4 is 0 Å². The van der Waals surface area contributed by atoms with Crippen LogP contribution in [0, 0.1) is 23.1 Å². The van der Waals surface area contributed by atoms with E-state index in [2.05, 4.69) is 0 Å². The molecule has 1 unspecified atom stereocenters. The Morgan fingerprint density at radius 2 is 1.81 bits per heavy atom. The minimum atomic E-state index is -0.714. The molecule has 1 heterocycles. The first kappa shape index (κ1) is 16.0. The van der Waals surface area contributed by atoms with E-state index in [-0.39, 0.29) is 22.6 Å². The van der Waals surface area contributed by atoms with E-state index in [4.69, 9.17) is 10.1 Å². The molecule has 4 rings (SSSR count). The third-order valence-electron chi connectivity index (χ3n) is 4.57.